The second-order valence-electron chi connectivity index (χ2n) is 3.60. The van der Waals surface area contributed by atoms with Crippen molar-refractivity contribution in [2.45, 2.75) is 39.0 Å². The van der Waals surface area contributed by atoms with Gasteiger partial charge in [0.2, 0.25) is 5.91 Å². The van der Waals surface area contributed by atoms with Gasteiger partial charge in [0.05, 0.1) is 11.9 Å². The van der Waals surface area contributed by atoms with Gasteiger partial charge in [-0.15, -0.1) is 0 Å². The number of anilines is 1. The molecule has 15 heavy (non-hydrogen) atoms. The van der Waals surface area contributed by atoms with Crippen LogP contribution in [0.4, 0.5) is 5.69 Å². The summed E-state index contributed by atoms with van der Waals surface area (Å²) in [5.41, 5.74) is 0.776. The van der Waals surface area contributed by atoms with E-state index in [9.17, 15) is 4.79 Å². The van der Waals surface area contributed by atoms with Gasteiger partial charge in [0, 0.05) is 12.6 Å². The van der Waals surface area contributed by atoms with Crippen molar-refractivity contribution < 1.29 is 4.79 Å². The Morgan fingerprint density at radius 1 is 1.40 bits per heavy atom. The average molecular weight is 206 g/mol. The van der Waals surface area contributed by atoms with Crippen molar-refractivity contribution >= 4 is 11.6 Å². The molecule has 0 fully saturated rings. The lowest BCUT2D eigenvalue weighted by Crippen LogP contribution is -2.10. The van der Waals surface area contributed by atoms with Crippen molar-refractivity contribution in [3.05, 3.63) is 24.5 Å². The molecule has 1 N–H and O–H groups in total. The maximum Gasteiger partial charge on any atom is 0.224 e. The number of pyridine rings is 1. The van der Waals surface area contributed by atoms with Crippen molar-refractivity contribution in [1.29, 1.82) is 0 Å². The Bertz CT molecular complexity index is 285. The number of amides is 1. The minimum atomic E-state index is 0.0825. The highest BCUT2D eigenvalue weighted by Gasteiger charge is 2.01. The molecule has 1 aromatic rings. The van der Waals surface area contributed by atoms with Gasteiger partial charge >= 0.3 is 0 Å². The molecular formula is C12H18N2O. The molecule has 0 unspecified atom stereocenters. The zero-order chi connectivity index (χ0) is 10.9. The van der Waals surface area contributed by atoms with Gasteiger partial charge in [0.25, 0.3) is 0 Å². The van der Waals surface area contributed by atoms with E-state index in [1.807, 2.05) is 12.1 Å². The third kappa shape index (κ3) is 5.15. The number of unbranched alkanes of at least 4 members (excludes halogenated alkanes) is 3. The van der Waals surface area contributed by atoms with Gasteiger partial charge in [-0.2, -0.15) is 0 Å². The standard InChI is InChI=1S/C12H18N2O/c1-2-3-4-5-8-12(15)14-11-7-6-9-13-10-11/h6-7,9-10H,2-5,8H2,1H3,(H,14,15). The van der Waals surface area contributed by atoms with E-state index >= 15 is 0 Å². The maximum atomic E-state index is 11.4. The zero-order valence-electron chi connectivity index (χ0n) is 9.20. The summed E-state index contributed by atoms with van der Waals surface area (Å²) in [6, 6.07) is 3.66. The topological polar surface area (TPSA) is 42.0 Å². The summed E-state index contributed by atoms with van der Waals surface area (Å²) in [4.78, 5) is 15.4. The molecule has 0 aliphatic rings. The van der Waals surface area contributed by atoms with E-state index < -0.39 is 0 Å². The molecule has 1 heterocycles. The normalized spacial score (nSPS) is 9.93. The van der Waals surface area contributed by atoms with Crippen molar-refractivity contribution in [3.8, 4) is 0 Å². The summed E-state index contributed by atoms with van der Waals surface area (Å²) in [5.74, 6) is 0.0825. The van der Waals surface area contributed by atoms with Crippen LogP contribution in [0.2, 0.25) is 0 Å². The molecule has 0 aliphatic heterocycles. The van der Waals surface area contributed by atoms with E-state index in [4.69, 9.17) is 0 Å². The molecule has 0 radical (unpaired) electrons. The molecule has 0 saturated carbocycles. The Morgan fingerprint density at radius 3 is 2.93 bits per heavy atom. The molecule has 3 heteroatoms. The first-order valence-electron chi connectivity index (χ1n) is 5.53. The molecule has 3 nitrogen and oxygen atoms in total. The van der Waals surface area contributed by atoms with Crippen LogP contribution in [0.3, 0.4) is 0 Å². The third-order valence-electron chi connectivity index (χ3n) is 2.20. The molecule has 0 saturated heterocycles. The predicted molar refractivity (Wildman–Crippen MR) is 61.6 cm³/mol. The zero-order valence-corrected chi connectivity index (χ0v) is 9.20. The lowest BCUT2D eigenvalue weighted by molar-refractivity contribution is -0.116. The summed E-state index contributed by atoms with van der Waals surface area (Å²) in [7, 11) is 0. The fraction of sp³-hybridized carbons (Fsp3) is 0.500. The molecule has 0 aromatic carbocycles. The van der Waals surface area contributed by atoms with Crippen LogP contribution in [0.5, 0.6) is 0 Å². The SMILES string of the molecule is CCCCCCC(=O)Nc1cccnc1. The van der Waals surface area contributed by atoms with Gasteiger partial charge in [0.1, 0.15) is 0 Å². The lowest BCUT2D eigenvalue weighted by atomic mass is 10.1. The summed E-state index contributed by atoms with van der Waals surface area (Å²) >= 11 is 0. The van der Waals surface area contributed by atoms with E-state index in [1.165, 1.54) is 12.8 Å². The molecule has 0 spiro atoms. The van der Waals surface area contributed by atoms with Crippen molar-refractivity contribution in [3.63, 3.8) is 0 Å². The molecule has 1 rings (SSSR count). The highest BCUT2D eigenvalue weighted by Crippen LogP contribution is 2.06. The number of hydrogen-bond acceptors (Lipinski definition) is 2. The Hall–Kier alpha value is -1.38. The summed E-state index contributed by atoms with van der Waals surface area (Å²) in [6.07, 6.45) is 8.47. The van der Waals surface area contributed by atoms with Crippen LogP contribution in [-0.2, 0) is 4.79 Å². The van der Waals surface area contributed by atoms with Crippen LogP contribution in [0.25, 0.3) is 0 Å². The first kappa shape index (κ1) is 11.7. The predicted octanol–water partition coefficient (Wildman–Crippen LogP) is 2.99. The van der Waals surface area contributed by atoms with Crippen LogP contribution in [-0.4, -0.2) is 10.9 Å². The van der Waals surface area contributed by atoms with Crippen molar-refractivity contribution in [2.75, 3.05) is 5.32 Å². The number of carbonyl (C=O) groups excluding carboxylic acids is 1. The van der Waals surface area contributed by atoms with Gasteiger partial charge in [-0.05, 0) is 18.6 Å². The van der Waals surface area contributed by atoms with Gasteiger partial charge < -0.3 is 5.32 Å². The van der Waals surface area contributed by atoms with Crippen LogP contribution in [0.1, 0.15) is 39.0 Å². The number of nitrogens with zero attached hydrogens (tertiary/aromatic N) is 1. The van der Waals surface area contributed by atoms with Gasteiger partial charge in [-0.25, -0.2) is 0 Å². The van der Waals surface area contributed by atoms with Crippen LogP contribution in [0.15, 0.2) is 24.5 Å². The Morgan fingerprint density at radius 2 is 2.27 bits per heavy atom. The average Bonchev–Trinajstić information content (AvgIpc) is 2.26. The number of carbonyl (C=O) groups is 1. The van der Waals surface area contributed by atoms with Crippen LogP contribution in [0, 0.1) is 0 Å². The van der Waals surface area contributed by atoms with Crippen molar-refractivity contribution in [2.24, 2.45) is 0 Å². The quantitative estimate of drug-likeness (QED) is 0.727. The molecule has 82 valence electrons. The number of nitrogens with one attached hydrogen (secondary N) is 1. The smallest absolute Gasteiger partial charge is 0.224 e. The molecule has 0 aliphatic carbocycles. The van der Waals surface area contributed by atoms with E-state index in [2.05, 4.69) is 17.2 Å². The first-order valence-corrected chi connectivity index (χ1v) is 5.53. The van der Waals surface area contributed by atoms with E-state index in [1.54, 1.807) is 12.4 Å². The largest absolute Gasteiger partial charge is 0.325 e. The van der Waals surface area contributed by atoms with Gasteiger partial charge in [-0.3, -0.25) is 9.78 Å². The number of aromatic nitrogens is 1. The van der Waals surface area contributed by atoms with E-state index in [0.717, 1.165) is 18.5 Å². The Labute approximate surface area is 90.9 Å². The lowest BCUT2D eigenvalue weighted by Gasteiger charge is -2.03. The summed E-state index contributed by atoms with van der Waals surface area (Å²) in [5, 5.41) is 2.82. The minimum absolute atomic E-state index is 0.0825. The fourth-order valence-electron chi connectivity index (χ4n) is 1.37. The number of rotatable bonds is 6. The van der Waals surface area contributed by atoms with Gasteiger partial charge in [0.15, 0.2) is 0 Å². The summed E-state index contributed by atoms with van der Waals surface area (Å²) in [6.45, 7) is 2.16. The second-order valence-corrected chi connectivity index (χ2v) is 3.60. The third-order valence-corrected chi connectivity index (χ3v) is 2.20. The van der Waals surface area contributed by atoms with E-state index in [-0.39, 0.29) is 5.91 Å². The minimum Gasteiger partial charge on any atom is -0.325 e. The van der Waals surface area contributed by atoms with E-state index in [0.29, 0.717) is 6.42 Å². The highest BCUT2D eigenvalue weighted by molar-refractivity contribution is 5.90. The second kappa shape index (κ2) is 6.98. The molecule has 0 atom stereocenters. The number of hydrogen-bond donors (Lipinski definition) is 1. The Kier molecular flexibility index (Phi) is 5.44. The van der Waals surface area contributed by atoms with Gasteiger partial charge in [-0.1, -0.05) is 26.2 Å². The van der Waals surface area contributed by atoms with Crippen LogP contribution >= 0.6 is 0 Å². The molecule has 0 bridgehead atoms. The van der Waals surface area contributed by atoms with Crippen molar-refractivity contribution in [1.82, 2.24) is 4.98 Å². The monoisotopic (exact) mass is 206 g/mol. The maximum absolute atomic E-state index is 11.4. The van der Waals surface area contributed by atoms with Crippen LogP contribution < -0.4 is 5.32 Å². The molecule has 1 amide bonds. The first-order chi connectivity index (χ1) is 7.33. The molecular weight excluding hydrogens is 188 g/mol. The fourth-order valence-corrected chi connectivity index (χ4v) is 1.37. The summed E-state index contributed by atoms with van der Waals surface area (Å²) < 4.78 is 0. The Balaban J connectivity index is 2.19. The molecule has 1 aromatic heterocycles. The highest BCUT2D eigenvalue weighted by atomic mass is 16.1.